The molecule has 1 amide bonds. The topological polar surface area (TPSA) is 93.3 Å². The van der Waals surface area contributed by atoms with Crippen LogP contribution in [0.3, 0.4) is 0 Å². The molecule has 0 radical (unpaired) electrons. The number of carbonyl (C=O) groups is 1. The fraction of sp³-hybridized carbons (Fsp3) is 0.448. The van der Waals surface area contributed by atoms with E-state index in [0.29, 0.717) is 26.9 Å². The van der Waals surface area contributed by atoms with E-state index >= 15 is 0 Å². The molecule has 2 N–H and O–H groups in total. The van der Waals surface area contributed by atoms with E-state index in [0.717, 1.165) is 80.8 Å². The number of nitrogens with one attached hydrogen (secondary N) is 2. The van der Waals surface area contributed by atoms with Crippen LogP contribution in [-0.2, 0) is 0 Å². The van der Waals surface area contributed by atoms with E-state index in [4.69, 9.17) is 23.2 Å². The Hall–Kier alpha value is -2.98. The number of aromatic amines is 1. The number of piperidine rings is 1. The lowest BCUT2D eigenvalue weighted by molar-refractivity contribution is 0.0496. The van der Waals surface area contributed by atoms with Crippen LogP contribution in [0.2, 0.25) is 10.0 Å². The molecule has 0 bridgehead atoms. The Bertz CT molecular complexity index is 1530. The molecular formula is C29H34Cl2N8O. The molecular weight excluding hydrogens is 547 g/mol. The Labute approximate surface area is 243 Å². The van der Waals surface area contributed by atoms with Crippen molar-refractivity contribution in [2.24, 2.45) is 0 Å². The van der Waals surface area contributed by atoms with Crippen molar-refractivity contribution < 1.29 is 4.79 Å². The number of hydrogen-bond donors (Lipinski definition) is 2. The van der Waals surface area contributed by atoms with Gasteiger partial charge in [-0.15, -0.1) is 0 Å². The first-order valence-electron chi connectivity index (χ1n) is 13.9. The molecule has 2 aromatic heterocycles. The van der Waals surface area contributed by atoms with Crippen LogP contribution in [0.15, 0.2) is 36.7 Å². The van der Waals surface area contributed by atoms with Gasteiger partial charge in [-0.1, -0.05) is 23.2 Å². The third-order valence-corrected chi connectivity index (χ3v) is 8.68. The molecule has 2 aromatic carbocycles. The lowest BCUT2D eigenvalue weighted by atomic mass is 9.99. The van der Waals surface area contributed by atoms with E-state index < -0.39 is 0 Å². The number of rotatable bonds is 6. The third-order valence-electron chi connectivity index (χ3n) is 8.13. The molecule has 0 aliphatic carbocycles. The highest BCUT2D eigenvalue weighted by Crippen LogP contribution is 2.31. The molecule has 2 atom stereocenters. The van der Waals surface area contributed by atoms with Crippen molar-refractivity contribution in [3.63, 3.8) is 0 Å². The number of likely N-dealkylation sites (N-methyl/N-ethyl adjacent to an activating group) is 1. The van der Waals surface area contributed by atoms with E-state index in [1.165, 1.54) is 6.33 Å². The fourth-order valence-corrected chi connectivity index (χ4v) is 6.19. The quantitative estimate of drug-likeness (QED) is 0.322. The second kappa shape index (κ2) is 11.5. The summed E-state index contributed by atoms with van der Waals surface area (Å²) in [6.45, 7) is 7.88. The number of amides is 1. The average Bonchev–Trinajstić information content (AvgIpc) is 3.38. The first-order valence-corrected chi connectivity index (χ1v) is 14.7. The van der Waals surface area contributed by atoms with Gasteiger partial charge in [0.2, 0.25) is 0 Å². The minimum absolute atomic E-state index is 0.0202. The number of imidazole rings is 1. The zero-order valence-electron chi connectivity index (χ0n) is 22.8. The van der Waals surface area contributed by atoms with Crippen LogP contribution < -0.4 is 5.32 Å². The molecule has 9 nitrogen and oxygen atoms in total. The number of nitrogens with zero attached hydrogens (tertiary/aromatic N) is 6. The molecule has 11 heteroatoms. The largest absolute Gasteiger partial charge is 0.360 e. The highest BCUT2D eigenvalue weighted by atomic mass is 35.5. The number of aromatic nitrogens is 4. The van der Waals surface area contributed by atoms with Gasteiger partial charge in [-0.05, 0) is 63.6 Å². The van der Waals surface area contributed by atoms with Crippen molar-refractivity contribution in [1.82, 2.24) is 34.6 Å². The number of hydrogen-bond acceptors (Lipinski definition) is 7. The first kappa shape index (κ1) is 27.2. The smallest absolute Gasteiger partial charge is 0.255 e. The van der Waals surface area contributed by atoms with Gasteiger partial charge in [0, 0.05) is 55.7 Å². The Kier molecular flexibility index (Phi) is 7.81. The summed E-state index contributed by atoms with van der Waals surface area (Å²) >= 11 is 12.9. The van der Waals surface area contributed by atoms with Gasteiger partial charge in [0.1, 0.15) is 18.0 Å². The zero-order chi connectivity index (χ0) is 27.8. The normalized spacial score (nSPS) is 19.8. The van der Waals surface area contributed by atoms with Gasteiger partial charge < -0.3 is 20.1 Å². The Morgan fingerprint density at radius 3 is 2.73 bits per heavy atom. The predicted octanol–water partition coefficient (Wildman–Crippen LogP) is 5.23. The number of benzene rings is 2. The van der Waals surface area contributed by atoms with Crippen LogP contribution in [0.4, 0.5) is 5.82 Å². The molecule has 2 fully saturated rings. The maximum Gasteiger partial charge on any atom is 0.255 e. The lowest BCUT2D eigenvalue weighted by Gasteiger charge is -2.41. The zero-order valence-corrected chi connectivity index (χ0v) is 24.3. The summed E-state index contributed by atoms with van der Waals surface area (Å²) in [6, 6.07) is 9.20. The summed E-state index contributed by atoms with van der Waals surface area (Å²) in [7, 11) is 2.16. The van der Waals surface area contributed by atoms with E-state index in [9.17, 15) is 4.79 Å². The molecule has 40 heavy (non-hydrogen) atoms. The average molecular weight is 582 g/mol. The summed E-state index contributed by atoms with van der Waals surface area (Å²) in [5, 5.41) is 5.24. The maximum absolute atomic E-state index is 13.9. The summed E-state index contributed by atoms with van der Waals surface area (Å²) in [6.07, 6.45) is 4.69. The number of piperazine rings is 1. The molecule has 2 saturated heterocycles. The van der Waals surface area contributed by atoms with E-state index in [2.05, 4.69) is 42.1 Å². The summed E-state index contributed by atoms with van der Waals surface area (Å²) in [5.41, 5.74) is 2.88. The number of likely N-dealkylation sites (tertiary alicyclic amines) is 1. The van der Waals surface area contributed by atoms with Crippen molar-refractivity contribution in [3.05, 3.63) is 58.1 Å². The van der Waals surface area contributed by atoms with Gasteiger partial charge >= 0.3 is 0 Å². The predicted molar refractivity (Wildman–Crippen MR) is 160 cm³/mol. The number of fused-ring (bicyclic) bond motifs is 2. The van der Waals surface area contributed by atoms with Gasteiger partial charge in [-0.3, -0.25) is 9.69 Å². The van der Waals surface area contributed by atoms with Crippen molar-refractivity contribution in [2.75, 3.05) is 51.6 Å². The molecule has 0 unspecified atom stereocenters. The molecule has 0 spiro atoms. The highest BCUT2D eigenvalue weighted by Gasteiger charge is 2.31. The van der Waals surface area contributed by atoms with Crippen LogP contribution >= 0.6 is 23.2 Å². The molecule has 4 heterocycles. The second-order valence-electron chi connectivity index (χ2n) is 11.0. The van der Waals surface area contributed by atoms with Gasteiger partial charge in [0.05, 0.1) is 33.2 Å². The standard InChI is InChI=1S/C29H34Cl2N8O/c1-18(27-35-24-7-6-19(30)13-26(24)36-27)34-28-22-14-23(31)21(15-25(22)32-17-33-28)29(40)39-8-4-3-5-20(39)16-38-11-9-37(2)10-12-38/h6-7,13-15,17-18,20H,3-5,8-12,16H2,1-2H3,(H,35,36)(H,32,33,34)/t18-,20-/m0/s1. The molecule has 4 aromatic rings. The summed E-state index contributed by atoms with van der Waals surface area (Å²) in [4.78, 5) is 37.7. The van der Waals surface area contributed by atoms with Gasteiger partial charge in [0.15, 0.2) is 0 Å². The van der Waals surface area contributed by atoms with Crippen molar-refractivity contribution in [2.45, 2.75) is 38.3 Å². The Morgan fingerprint density at radius 2 is 1.90 bits per heavy atom. The second-order valence-corrected chi connectivity index (χ2v) is 11.8. The fourth-order valence-electron chi connectivity index (χ4n) is 5.78. The number of halogens is 2. The van der Waals surface area contributed by atoms with Gasteiger partial charge in [0.25, 0.3) is 5.91 Å². The van der Waals surface area contributed by atoms with Crippen molar-refractivity contribution >= 4 is 56.9 Å². The molecule has 6 rings (SSSR count). The molecule has 2 aliphatic rings. The van der Waals surface area contributed by atoms with Gasteiger partial charge in [-0.25, -0.2) is 15.0 Å². The van der Waals surface area contributed by atoms with Crippen LogP contribution in [0.1, 0.15) is 48.4 Å². The van der Waals surface area contributed by atoms with Crippen LogP contribution in [0, 0.1) is 0 Å². The van der Waals surface area contributed by atoms with Crippen molar-refractivity contribution in [3.8, 4) is 0 Å². The third kappa shape index (κ3) is 5.61. The number of carbonyl (C=O) groups excluding carboxylic acids is 1. The Balaban J connectivity index is 1.23. The van der Waals surface area contributed by atoms with Gasteiger partial charge in [-0.2, -0.15) is 0 Å². The van der Waals surface area contributed by atoms with Crippen LogP contribution in [0.5, 0.6) is 0 Å². The van der Waals surface area contributed by atoms with Crippen LogP contribution in [-0.4, -0.2) is 92.9 Å². The lowest BCUT2D eigenvalue weighted by Crippen LogP contribution is -2.53. The number of H-pyrrole nitrogens is 1. The maximum atomic E-state index is 13.9. The summed E-state index contributed by atoms with van der Waals surface area (Å²) in [5.74, 6) is 1.37. The first-order chi connectivity index (χ1) is 19.4. The molecule has 210 valence electrons. The van der Waals surface area contributed by atoms with Crippen LogP contribution in [0.25, 0.3) is 21.9 Å². The molecule has 2 aliphatic heterocycles. The Morgan fingerprint density at radius 1 is 1.07 bits per heavy atom. The van der Waals surface area contributed by atoms with Crippen molar-refractivity contribution in [1.29, 1.82) is 0 Å². The van der Waals surface area contributed by atoms with E-state index in [-0.39, 0.29) is 18.0 Å². The highest BCUT2D eigenvalue weighted by molar-refractivity contribution is 6.35. The SMILES string of the molecule is C[C@H](Nc1ncnc2cc(C(=O)N3CCCC[C@H]3CN3CCN(C)CC3)c(Cl)cc12)c1nc2ccc(Cl)cc2[nH]1. The minimum atomic E-state index is -0.173. The number of anilines is 1. The monoisotopic (exact) mass is 580 g/mol. The van der Waals surface area contributed by atoms with E-state index in [1.807, 2.05) is 36.1 Å². The minimum Gasteiger partial charge on any atom is -0.360 e. The molecule has 0 saturated carbocycles. The summed E-state index contributed by atoms with van der Waals surface area (Å²) < 4.78 is 0. The van der Waals surface area contributed by atoms with E-state index in [1.54, 1.807) is 6.07 Å².